The molecule has 2 amide bonds. The first-order valence-electron chi connectivity index (χ1n) is 11.2. The van der Waals surface area contributed by atoms with Crippen molar-refractivity contribution in [3.05, 3.63) is 35.0 Å². The molecule has 2 saturated heterocycles. The van der Waals surface area contributed by atoms with Gasteiger partial charge >= 0.3 is 0 Å². The van der Waals surface area contributed by atoms with Crippen LogP contribution in [0.1, 0.15) is 23.3 Å². The van der Waals surface area contributed by atoms with Crippen molar-refractivity contribution < 1.29 is 9.59 Å². The van der Waals surface area contributed by atoms with E-state index in [-0.39, 0.29) is 37.3 Å². The quantitative estimate of drug-likeness (QED) is 0.652. The van der Waals surface area contributed by atoms with Crippen molar-refractivity contribution in [2.24, 2.45) is 0 Å². The first kappa shape index (κ1) is 25.4. The Morgan fingerprint density at radius 3 is 2.52 bits per heavy atom. The lowest BCUT2D eigenvalue weighted by atomic mass is 10.0. The molecular weight excluding hydrogens is 461 g/mol. The summed E-state index contributed by atoms with van der Waals surface area (Å²) in [7, 11) is 2.17. The number of terminal acetylenes is 1. The molecule has 0 radical (unpaired) electrons. The Morgan fingerprint density at radius 1 is 1.15 bits per heavy atom. The normalized spacial score (nSPS) is 18.0. The molecule has 178 valence electrons. The molecule has 0 unspecified atom stereocenters. The summed E-state index contributed by atoms with van der Waals surface area (Å²) in [6, 6.07) is 7.75. The number of hydrogen-bond acceptors (Lipinski definition) is 4. The van der Waals surface area contributed by atoms with Gasteiger partial charge in [0.2, 0.25) is 5.91 Å². The second kappa shape index (κ2) is 11.3. The zero-order chi connectivity index (χ0) is 22.7. The van der Waals surface area contributed by atoms with Crippen LogP contribution in [0.15, 0.2) is 24.3 Å². The lowest BCUT2D eigenvalue weighted by Crippen LogP contribution is -2.55. The third-order valence-electron chi connectivity index (χ3n) is 6.58. The van der Waals surface area contributed by atoms with Crippen molar-refractivity contribution in [1.82, 2.24) is 24.6 Å². The van der Waals surface area contributed by atoms with Gasteiger partial charge in [-0.15, -0.1) is 18.8 Å². The highest BCUT2D eigenvalue weighted by Gasteiger charge is 2.29. The van der Waals surface area contributed by atoms with E-state index >= 15 is 0 Å². The van der Waals surface area contributed by atoms with Gasteiger partial charge in [0, 0.05) is 48.1 Å². The van der Waals surface area contributed by atoms with E-state index in [9.17, 15) is 9.59 Å². The van der Waals surface area contributed by atoms with Crippen LogP contribution in [0.5, 0.6) is 0 Å². The number of fused-ring (bicyclic) bond motifs is 1. The van der Waals surface area contributed by atoms with Gasteiger partial charge in [-0.3, -0.25) is 14.5 Å². The van der Waals surface area contributed by atoms with Gasteiger partial charge in [0.05, 0.1) is 6.54 Å². The van der Waals surface area contributed by atoms with Crippen LogP contribution >= 0.6 is 24.0 Å². The summed E-state index contributed by atoms with van der Waals surface area (Å²) in [6.45, 7) is 5.46. The van der Waals surface area contributed by atoms with Crippen LogP contribution in [0.3, 0.4) is 0 Å². The third kappa shape index (κ3) is 6.01. The minimum Gasteiger partial charge on any atom is -0.351 e. The Bertz CT molecular complexity index is 1020. The molecule has 3 heterocycles. The van der Waals surface area contributed by atoms with Crippen molar-refractivity contribution in [3.63, 3.8) is 0 Å². The van der Waals surface area contributed by atoms with Gasteiger partial charge in [-0.1, -0.05) is 17.5 Å². The molecule has 1 N–H and O–H groups in total. The summed E-state index contributed by atoms with van der Waals surface area (Å²) in [5.74, 6) is 2.17. The standard InChI is InChI=1S/C24H30ClN5O2.ClH/c1-3-8-30(24(32)22-16-18-15-19(25)4-5-21(18)26-22)17-23(31)29-13-11-28(12-14-29)20-6-9-27(2)10-7-20;/h1,4-5,15-16,20,26H,6-14,17H2,2H3;1H. The number of piperidine rings is 1. The number of rotatable bonds is 5. The van der Waals surface area contributed by atoms with Crippen LogP contribution in [-0.4, -0.2) is 102 Å². The molecule has 0 atom stereocenters. The van der Waals surface area contributed by atoms with Crippen LogP contribution < -0.4 is 0 Å². The molecule has 7 nitrogen and oxygen atoms in total. The molecule has 0 aliphatic carbocycles. The second-order valence-corrected chi connectivity index (χ2v) is 9.17. The smallest absolute Gasteiger partial charge is 0.271 e. The minimum atomic E-state index is -0.284. The molecular formula is C24H31Cl2N5O2. The predicted octanol–water partition coefficient (Wildman–Crippen LogP) is 2.56. The maximum absolute atomic E-state index is 13.1. The summed E-state index contributed by atoms with van der Waals surface area (Å²) in [4.78, 5) is 37.3. The molecule has 0 bridgehead atoms. The molecule has 2 fully saturated rings. The first-order valence-corrected chi connectivity index (χ1v) is 11.5. The number of aromatic nitrogens is 1. The number of halogens is 2. The third-order valence-corrected chi connectivity index (χ3v) is 6.82. The zero-order valence-electron chi connectivity index (χ0n) is 18.9. The molecule has 0 spiro atoms. The van der Waals surface area contributed by atoms with Crippen molar-refractivity contribution in [3.8, 4) is 12.3 Å². The number of piperazine rings is 1. The Morgan fingerprint density at radius 2 is 1.85 bits per heavy atom. The van der Waals surface area contributed by atoms with E-state index < -0.39 is 0 Å². The molecule has 0 saturated carbocycles. The number of hydrogen-bond donors (Lipinski definition) is 1. The van der Waals surface area contributed by atoms with Gasteiger partial charge in [0.15, 0.2) is 0 Å². The number of amides is 2. The predicted molar refractivity (Wildman–Crippen MR) is 134 cm³/mol. The van der Waals surface area contributed by atoms with E-state index in [4.69, 9.17) is 18.0 Å². The topological polar surface area (TPSA) is 62.9 Å². The van der Waals surface area contributed by atoms with Crippen molar-refractivity contribution in [2.75, 3.05) is 59.4 Å². The summed E-state index contributed by atoms with van der Waals surface area (Å²) in [6.07, 6.45) is 7.87. The van der Waals surface area contributed by atoms with Crippen molar-refractivity contribution in [1.29, 1.82) is 0 Å². The van der Waals surface area contributed by atoms with Crippen LogP contribution in [-0.2, 0) is 4.79 Å². The fraction of sp³-hybridized carbons (Fsp3) is 0.500. The van der Waals surface area contributed by atoms with Gasteiger partial charge in [0.25, 0.3) is 5.91 Å². The maximum Gasteiger partial charge on any atom is 0.271 e. The number of nitrogens with zero attached hydrogens (tertiary/aromatic N) is 4. The number of nitrogens with one attached hydrogen (secondary N) is 1. The van der Waals surface area contributed by atoms with Crippen LogP contribution in [0, 0.1) is 12.3 Å². The fourth-order valence-electron chi connectivity index (χ4n) is 4.66. The monoisotopic (exact) mass is 491 g/mol. The number of aromatic amines is 1. The molecule has 2 aromatic rings. The molecule has 2 aliphatic rings. The Balaban J connectivity index is 0.00000306. The Kier molecular flexibility index (Phi) is 8.66. The van der Waals surface area contributed by atoms with Crippen molar-refractivity contribution >= 4 is 46.7 Å². The molecule has 33 heavy (non-hydrogen) atoms. The van der Waals surface area contributed by atoms with Crippen LogP contribution in [0.2, 0.25) is 5.02 Å². The van der Waals surface area contributed by atoms with E-state index in [0.717, 1.165) is 37.1 Å². The minimum absolute atomic E-state index is 0. The molecule has 2 aliphatic heterocycles. The number of benzene rings is 1. The Labute approximate surface area is 206 Å². The number of H-pyrrole nitrogens is 1. The average molecular weight is 492 g/mol. The molecule has 9 heteroatoms. The average Bonchev–Trinajstić information content (AvgIpc) is 3.22. The van der Waals surface area contributed by atoms with E-state index in [0.29, 0.717) is 29.8 Å². The number of carbonyl (C=O) groups is 2. The summed E-state index contributed by atoms with van der Waals surface area (Å²) in [5, 5.41) is 1.45. The first-order chi connectivity index (χ1) is 15.4. The second-order valence-electron chi connectivity index (χ2n) is 8.73. The van der Waals surface area contributed by atoms with E-state index in [1.54, 1.807) is 18.2 Å². The van der Waals surface area contributed by atoms with E-state index in [2.05, 4.69) is 27.8 Å². The summed E-state index contributed by atoms with van der Waals surface area (Å²) < 4.78 is 0. The lowest BCUT2D eigenvalue weighted by Gasteiger charge is -2.42. The van der Waals surface area contributed by atoms with Crippen molar-refractivity contribution in [2.45, 2.75) is 18.9 Å². The maximum atomic E-state index is 13.1. The van der Waals surface area contributed by atoms with Gasteiger partial charge in [0.1, 0.15) is 12.2 Å². The highest BCUT2D eigenvalue weighted by molar-refractivity contribution is 6.31. The fourth-order valence-corrected chi connectivity index (χ4v) is 4.84. The highest BCUT2D eigenvalue weighted by atomic mass is 35.5. The summed E-state index contributed by atoms with van der Waals surface area (Å²) >= 11 is 6.05. The Hall–Kier alpha value is -2.24. The number of carbonyl (C=O) groups excluding carboxylic acids is 2. The summed E-state index contributed by atoms with van der Waals surface area (Å²) in [5.41, 5.74) is 1.21. The zero-order valence-corrected chi connectivity index (χ0v) is 20.5. The van der Waals surface area contributed by atoms with Crippen LogP contribution in [0.4, 0.5) is 0 Å². The van der Waals surface area contributed by atoms with Gasteiger partial charge < -0.3 is 19.7 Å². The highest BCUT2D eigenvalue weighted by Crippen LogP contribution is 2.21. The number of likely N-dealkylation sites (tertiary alicyclic amines) is 1. The molecule has 1 aromatic carbocycles. The van der Waals surface area contributed by atoms with E-state index in [1.807, 2.05) is 11.0 Å². The molecule has 4 rings (SSSR count). The van der Waals surface area contributed by atoms with Gasteiger partial charge in [-0.25, -0.2) is 0 Å². The van der Waals surface area contributed by atoms with Crippen LogP contribution in [0.25, 0.3) is 10.9 Å². The SMILES string of the molecule is C#CCN(CC(=O)N1CCN(C2CCN(C)CC2)CC1)C(=O)c1cc2cc(Cl)ccc2[nH]1.Cl. The lowest BCUT2D eigenvalue weighted by molar-refractivity contribution is -0.134. The van der Waals surface area contributed by atoms with E-state index in [1.165, 1.54) is 17.7 Å². The van der Waals surface area contributed by atoms with Gasteiger partial charge in [-0.05, 0) is 57.2 Å². The largest absolute Gasteiger partial charge is 0.351 e. The molecule has 1 aromatic heterocycles. The van der Waals surface area contributed by atoms with Gasteiger partial charge in [-0.2, -0.15) is 0 Å².